The van der Waals surface area contributed by atoms with Gasteiger partial charge >= 0.3 is 5.69 Å². The topological polar surface area (TPSA) is 103 Å². The maximum atomic E-state index is 10.9. The van der Waals surface area contributed by atoms with Gasteiger partial charge in [0.1, 0.15) is 11.9 Å². The first-order valence-corrected chi connectivity index (χ1v) is 7.76. The van der Waals surface area contributed by atoms with Crippen molar-refractivity contribution in [1.82, 2.24) is 4.98 Å². The predicted molar refractivity (Wildman–Crippen MR) is 83.3 cm³/mol. The number of nitrogens with one attached hydrogen (secondary N) is 1. The fourth-order valence-electron chi connectivity index (χ4n) is 2.40. The first kappa shape index (κ1) is 16.1. The van der Waals surface area contributed by atoms with Crippen molar-refractivity contribution in [2.75, 3.05) is 18.5 Å². The molecular formula is C13H19BrN4O3. The molecule has 0 unspecified atom stereocenters. The van der Waals surface area contributed by atoms with E-state index in [1.807, 2.05) is 0 Å². The number of pyridine rings is 1. The normalized spacial score (nSPS) is 22.0. The van der Waals surface area contributed by atoms with Gasteiger partial charge in [-0.25, -0.2) is 0 Å². The highest BCUT2D eigenvalue weighted by atomic mass is 79.9. The van der Waals surface area contributed by atoms with Crippen molar-refractivity contribution in [3.05, 3.63) is 27.0 Å². The average Bonchev–Trinajstić information content (AvgIpc) is 2.46. The number of halogens is 1. The molecule has 0 aromatic carbocycles. The highest BCUT2D eigenvalue weighted by Crippen LogP contribution is 2.30. The molecular weight excluding hydrogens is 340 g/mol. The van der Waals surface area contributed by atoms with Crippen LogP contribution in [0.25, 0.3) is 0 Å². The molecule has 7 nitrogen and oxygen atoms in total. The first-order valence-electron chi connectivity index (χ1n) is 6.97. The third-order valence-electron chi connectivity index (χ3n) is 3.55. The van der Waals surface area contributed by atoms with E-state index in [0.29, 0.717) is 29.4 Å². The van der Waals surface area contributed by atoms with Crippen molar-refractivity contribution in [3.63, 3.8) is 0 Å². The molecule has 0 aliphatic heterocycles. The summed E-state index contributed by atoms with van der Waals surface area (Å²) < 4.78 is 6.34. The molecule has 0 radical (unpaired) electrons. The third-order valence-corrected chi connectivity index (χ3v) is 4.15. The molecule has 0 bridgehead atoms. The Labute approximate surface area is 131 Å². The van der Waals surface area contributed by atoms with Gasteiger partial charge < -0.3 is 15.8 Å². The van der Waals surface area contributed by atoms with Crippen LogP contribution in [0.4, 0.5) is 11.4 Å². The van der Waals surface area contributed by atoms with E-state index in [1.165, 1.54) is 12.4 Å². The van der Waals surface area contributed by atoms with Crippen LogP contribution in [0.5, 0.6) is 0 Å². The maximum Gasteiger partial charge on any atom is 0.311 e. The SMILES string of the molecule is NC1CCC(OCCNc2c(Br)cncc2[N+](=O)[O-])CC1. The van der Waals surface area contributed by atoms with Crippen LogP contribution in [0.15, 0.2) is 16.9 Å². The molecule has 0 amide bonds. The molecule has 2 rings (SSSR count). The lowest BCUT2D eigenvalue weighted by Crippen LogP contribution is -2.31. The van der Waals surface area contributed by atoms with Crippen molar-refractivity contribution >= 4 is 27.3 Å². The summed E-state index contributed by atoms with van der Waals surface area (Å²) >= 11 is 3.27. The summed E-state index contributed by atoms with van der Waals surface area (Å²) in [4.78, 5) is 14.3. The smallest absolute Gasteiger partial charge is 0.311 e. The number of nitrogens with two attached hydrogens (primary N) is 1. The lowest BCUT2D eigenvalue weighted by atomic mass is 9.94. The van der Waals surface area contributed by atoms with Gasteiger partial charge in [-0.15, -0.1) is 0 Å². The molecule has 0 atom stereocenters. The largest absolute Gasteiger partial charge is 0.376 e. The quantitative estimate of drug-likeness (QED) is 0.459. The number of hydrogen-bond donors (Lipinski definition) is 2. The van der Waals surface area contributed by atoms with E-state index in [9.17, 15) is 10.1 Å². The Morgan fingerprint density at radius 1 is 1.43 bits per heavy atom. The summed E-state index contributed by atoms with van der Waals surface area (Å²) in [5.74, 6) is 0. The third kappa shape index (κ3) is 4.62. The lowest BCUT2D eigenvalue weighted by Gasteiger charge is -2.26. The van der Waals surface area contributed by atoms with E-state index in [4.69, 9.17) is 10.5 Å². The van der Waals surface area contributed by atoms with Crippen LogP contribution in [-0.2, 0) is 4.74 Å². The number of rotatable bonds is 6. The van der Waals surface area contributed by atoms with E-state index >= 15 is 0 Å². The second-order valence-corrected chi connectivity index (χ2v) is 5.96. The standard InChI is InChI=1S/C13H19BrN4O3/c14-11-7-16-8-12(18(19)20)13(11)17-5-6-21-10-3-1-9(15)2-4-10/h7-10H,1-6,15H2,(H,16,17). The summed E-state index contributed by atoms with van der Waals surface area (Å²) in [5, 5.41) is 14.0. The molecule has 1 saturated carbocycles. The van der Waals surface area contributed by atoms with Crippen LogP contribution in [0.2, 0.25) is 0 Å². The Hall–Kier alpha value is -1.25. The average molecular weight is 359 g/mol. The van der Waals surface area contributed by atoms with Gasteiger partial charge in [0.25, 0.3) is 0 Å². The van der Waals surface area contributed by atoms with Gasteiger partial charge in [0.15, 0.2) is 0 Å². The predicted octanol–water partition coefficient (Wildman–Crippen LogP) is 2.45. The minimum absolute atomic E-state index is 0.0481. The molecule has 1 aromatic rings. The molecule has 1 aliphatic carbocycles. The number of hydrogen-bond acceptors (Lipinski definition) is 6. The second kappa shape index (κ2) is 7.67. The zero-order valence-corrected chi connectivity index (χ0v) is 13.2. The number of nitrogens with zero attached hydrogens (tertiary/aromatic N) is 2. The molecule has 0 spiro atoms. The summed E-state index contributed by atoms with van der Waals surface area (Å²) in [6.07, 6.45) is 6.98. The zero-order valence-electron chi connectivity index (χ0n) is 11.6. The fourth-order valence-corrected chi connectivity index (χ4v) is 2.86. The van der Waals surface area contributed by atoms with E-state index in [0.717, 1.165) is 25.7 Å². The van der Waals surface area contributed by atoms with Crippen LogP contribution in [-0.4, -0.2) is 35.2 Å². The maximum absolute atomic E-state index is 10.9. The van der Waals surface area contributed by atoms with Crippen LogP contribution in [0.1, 0.15) is 25.7 Å². The number of aromatic nitrogens is 1. The monoisotopic (exact) mass is 358 g/mol. The molecule has 8 heteroatoms. The van der Waals surface area contributed by atoms with Crippen molar-refractivity contribution in [2.45, 2.75) is 37.8 Å². The van der Waals surface area contributed by atoms with Crippen LogP contribution < -0.4 is 11.1 Å². The highest BCUT2D eigenvalue weighted by molar-refractivity contribution is 9.10. The second-order valence-electron chi connectivity index (χ2n) is 5.11. The summed E-state index contributed by atoms with van der Waals surface area (Å²) in [6.45, 7) is 1.01. The van der Waals surface area contributed by atoms with Gasteiger partial charge in [0, 0.05) is 18.8 Å². The minimum atomic E-state index is -0.455. The summed E-state index contributed by atoms with van der Waals surface area (Å²) in [6, 6.07) is 0.304. The zero-order chi connectivity index (χ0) is 15.2. The van der Waals surface area contributed by atoms with Crippen LogP contribution in [0.3, 0.4) is 0 Å². The van der Waals surface area contributed by atoms with Gasteiger partial charge in [-0.05, 0) is 41.6 Å². The van der Waals surface area contributed by atoms with Crippen molar-refractivity contribution in [3.8, 4) is 0 Å². The van der Waals surface area contributed by atoms with E-state index in [1.54, 1.807) is 0 Å². The molecule has 1 heterocycles. The number of ether oxygens (including phenoxy) is 1. The van der Waals surface area contributed by atoms with Crippen LogP contribution in [0, 0.1) is 10.1 Å². The molecule has 0 saturated heterocycles. The Balaban J connectivity index is 1.80. The Morgan fingerprint density at radius 2 is 2.14 bits per heavy atom. The summed E-state index contributed by atoms with van der Waals surface area (Å²) in [7, 11) is 0. The number of nitro groups is 1. The number of anilines is 1. The molecule has 3 N–H and O–H groups in total. The van der Waals surface area contributed by atoms with Gasteiger partial charge in [-0.1, -0.05) is 0 Å². The van der Waals surface area contributed by atoms with Gasteiger partial charge in [-0.3, -0.25) is 15.1 Å². The molecule has 21 heavy (non-hydrogen) atoms. The van der Waals surface area contributed by atoms with E-state index in [-0.39, 0.29) is 11.8 Å². The molecule has 1 fully saturated rings. The first-order chi connectivity index (χ1) is 10.1. The van der Waals surface area contributed by atoms with E-state index in [2.05, 4.69) is 26.2 Å². The van der Waals surface area contributed by atoms with Crippen molar-refractivity contribution < 1.29 is 9.66 Å². The molecule has 1 aliphatic rings. The van der Waals surface area contributed by atoms with Crippen molar-refractivity contribution in [1.29, 1.82) is 0 Å². The Kier molecular flexibility index (Phi) is 5.89. The van der Waals surface area contributed by atoms with E-state index < -0.39 is 4.92 Å². The molecule has 116 valence electrons. The summed E-state index contributed by atoms with van der Waals surface area (Å²) in [5.41, 5.74) is 6.23. The minimum Gasteiger partial charge on any atom is -0.376 e. The fraction of sp³-hybridized carbons (Fsp3) is 0.615. The Bertz CT molecular complexity index is 492. The Morgan fingerprint density at radius 3 is 2.81 bits per heavy atom. The van der Waals surface area contributed by atoms with Gasteiger partial charge in [0.2, 0.25) is 0 Å². The molecule has 1 aromatic heterocycles. The highest BCUT2D eigenvalue weighted by Gasteiger charge is 2.19. The lowest BCUT2D eigenvalue weighted by molar-refractivity contribution is -0.384. The van der Waals surface area contributed by atoms with Crippen LogP contribution >= 0.6 is 15.9 Å². The van der Waals surface area contributed by atoms with Gasteiger partial charge in [-0.2, -0.15) is 0 Å². The van der Waals surface area contributed by atoms with Crippen molar-refractivity contribution in [2.24, 2.45) is 5.73 Å². The van der Waals surface area contributed by atoms with Gasteiger partial charge in [0.05, 0.1) is 22.1 Å².